The molecule has 4 nitrogen and oxygen atoms in total. The maximum Gasteiger partial charge on any atom is 0.338 e. The molecule has 0 unspecified atom stereocenters. The van der Waals surface area contributed by atoms with Crippen LogP contribution >= 0.6 is 15.9 Å². The molecular weight excluding hydrogens is 298 g/mol. The van der Waals surface area contributed by atoms with Crippen LogP contribution in [-0.4, -0.2) is 32.8 Å². The van der Waals surface area contributed by atoms with E-state index in [0.717, 1.165) is 16.6 Å². The van der Waals surface area contributed by atoms with Crippen LogP contribution in [0, 0.1) is 0 Å². The van der Waals surface area contributed by atoms with Gasteiger partial charge in [0.1, 0.15) is 0 Å². The minimum absolute atomic E-state index is 0.294. The van der Waals surface area contributed by atoms with Gasteiger partial charge in [0.2, 0.25) is 0 Å². The second kappa shape index (κ2) is 8.24. The Kier molecular flexibility index (Phi) is 6.93. The van der Waals surface area contributed by atoms with Gasteiger partial charge in [-0.15, -0.1) is 0 Å². The molecule has 0 atom stereocenters. The van der Waals surface area contributed by atoms with Crippen molar-refractivity contribution in [2.45, 2.75) is 13.5 Å². The van der Waals surface area contributed by atoms with E-state index in [1.54, 1.807) is 20.1 Å². The Morgan fingerprint density at radius 2 is 2.17 bits per heavy atom. The van der Waals surface area contributed by atoms with Gasteiger partial charge in [-0.3, -0.25) is 0 Å². The third kappa shape index (κ3) is 5.16. The van der Waals surface area contributed by atoms with Crippen molar-refractivity contribution in [2.75, 3.05) is 26.9 Å². The van der Waals surface area contributed by atoms with Gasteiger partial charge in [-0.1, -0.05) is 15.9 Å². The fourth-order valence-corrected chi connectivity index (χ4v) is 2.03. The molecule has 0 aromatic heterocycles. The number of nitrogens with one attached hydrogen (secondary N) is 1. The molecule has 0 saturated carbocycles. The van der Waals surface area contributed by atoms with E-state index in [9.17, 15) is 4.79 Å². The zero-order chi connectivity index (χ0) is 13.4. The monoisotopic (exact) mass is 315 g/mol. The average molecular weight is 316 g/mol. The van der Waals surface area contributed by atoms with Crippen LogP contribution in [-0.2, 0) is 16.0 Å². The molecule has 1 aromatic carbocycles. The number of carbonyl (C=O) groups is 1. The van der Waals surface area contributed by atoms with Crippen LogP contribution in [0.4, 0.5) is 0 Å². The molecule has 0 bridgehead atoms. The SMILES string of the molecule is CCOC(=O)c1cc(Br)cc(CNCCOC)c1. The summed E-state index contributed by atoms with van der Waals surface area (Å²) in [5.74, 6) is -0.294. The van der Waals surface area contributed by atoms with Crippen LogP contribution in [0.25, 0.3) is 0 Å². The van der Waals surface area contributed by atoms with Crippen molar-refractivity contribution in [3.63, 3.8) is 0 Å². The molecule has 18 heavy (non-hydrogen) atoms. The van der Waals surface area contributed by atoms with E-state index >= 15 is 0 Å². The molecule has 0 aliphatic heterocycles. The highest BCUT2D eigenvalue weighted by Gasteiger charge is 2.08. The van der Waals surface area contributed by atoms with Crippen LogP contribution in [0.15, 0.2) is 22.7 Å². The summed E-state index contributed by atoms with van der Waals surface area (Å²) in [5, 5.41) is 3.23. The number of esters is 1. The number of halogens is 1. The lowest BCUT2D eigenvalue weighted by atomic mass is 10.1. The lowest BCUT2D eigenvalue weighted by molar-refractivity contribution is 0.0526. The predicted octanol–water partition coefficient (Wildman–Crippen LogP) is 2.36. The summed E-state index contributed by atoms with van der Waals surface area (Å²) in [6.07, 6.45) is 0. The maximum absolute atomic E-state index is 11.6. The number of methoxy groups -OCH3 is 1. The number of hydrogen-bond donors (Lipinski definition) is 1. The minimum atomic E-state index is -0.294. The first-order valence-corrected chi connectivity index (χ1v) is 6.63. The van der Waals surface area contributed by atoms with Crippen molar-refractivity contribution in [3.05, 3.63) is 33.8 Å². The average Bonchev–Trinajstić information content (AvgIpc) is 2.34. The van der Waals surface area contributed by atoms with E-state index in [0.29, 0.717) is 25.3 Å². The fraction of sp³-hybridized carbons (Fsp3) is 0.462. The number of carbonyl (C=O) groups excluding carboxylic acids is 1. The number of hydrogen-bond acceptors (Lipinski definition) is 4. The smallest absolute Gasteiger partial charge is 0.338 e. The lowest BCUT2D eigenvalue weighted by Gasteiger charge is -2.08. The van der Waals surface area contributed by atoms with E-state index in [4.69, 9.17) is 9.47 Å². The highest BCUT2D eigenvalue weighted by molar-refractivity contribution is 9.10. The molecule has 1 aromatic rings. The van der Waals surface area contributed by atoms with Crippen LogP contribution in [0.2, 0.25) is 0 Å². The van der Waals surface area contributed by atoms with Crippen LogP contribution < -0.4 is 5.32 Å². The van der Waals surface area contributed by atoms with Crippen LogP contribution in [0.5, 0.6) is 0 Å². The molecular formula is C13H18BrNO3. The Balaban J connectivity index is 2.65. The summed E-state index contributed by atoms with van der Waals surface area (Å²) in [5.41, 5.74) is 1.60. The van der Waals surface area contributed by atoms with Gasteiger partial charge in [-0.05, 0) is 30.7 Å². The van der Waals surface area contributed by atoms with Gasteiger partial charge in [-0.2, -0.15) is 0 Å². The molecule has 0 spiro atoms. The fourth-order valence-electron chi connectivity index (χ4n) is 1.49. The highest BCUT2D eigenvalue weighted by atomic mass is 79.9. The summed E-state index contributed by atoms with van der Waals surface area (Å²) in [4.78, 5) is 11.6. The topological polar surface area (TPSA) is 47.6 Å². The van der Waals surface area contributed by atoms with E-state index < -0.39 is 0 Å². The highest BCUT2D eigenvalue weighted by Crippen LogP contribution is 2.16. The minimum Gasteiger partial charge on any atom is -0.462 e. The van der Waals surface area contributed by atoms with Crippen molar-refractivity contribution in [3.8, 4) is 0 Å². The van der Waals surface area contributed by atoms with Crippen molar-refractivity contribution < 1.29 is 14.3 Å². The van der Waals surface area contributed by atoms with Crippen LogP contribution in [0.3, 0.4) is 0 Å². The third-order valence-corrected chi connectivity index (χ3v) is 2.74. The van der Waals surface area contributed by atoms with Gasteiger partial charge in [0.25, 0.3) is 0 Å². The van der Waals surface area contributed by atoms with E-state index in [2.05, 4.69) is 21.2 Å². The second-order valence-corrected chi connectivity index (χ2v) is 4.65. The standard InChI is InChI=1S/C13H18BrNO3/c1-3-18-13(16)11-6-10(7-12(14)8-11)9-15-4-5-17-2/h6-8,15H,3-5,9H2,1-2H3. The summed E-state index contributed by atoms with van der Waals surface area (Å²) >= 11 is 3.39. The van der Waals surface area contributed by atoms with Gasteiger partial charge in [0, 0.05) is 24.7 Å². The van der Waals surface area contributed by atoms with E-state index in [1.807, 2.05) is 12.1 Å². The van der Waals surface area contributed by atoms with Crippen molar-refractivity contribution in [1.82, 2.24) is 5.32 Å². The Labute approximate surface area is 116 Å². The summed E-state index contributed by atoms with van der Waals surface area (Å²) in [7, 11) is 1.67. The van der Waals surface area contributed by atoms with Gasteiger partial charge in [-0.25, -0.2) is 4.79 Å². The summed E-state index contributed by atoms with van der Waals surface area (Å²) in [6, 6.07) is 5.57. The Bertz CT molecular complexity index is 396. The Morgan fingerprint density at radius 3 is 2.83 bits per heavy atom. The summed E-state index contributed by atoms with van der Waals surface area (Å²) in [6.45, 7) is 4.31. The van der Waals surface area contributed by atoms with Gasteiger partial charge in [0.15, 0.2) is 0 Å². The number of benzene rings is 1. The lowest BCUT2D eigenvalue weighted by Crippen LogP contribution is -2.18. The van der Waals surface area contributed by atoms with Crippen molar-refractivity contribution in [2.24, 2.45) is 0 Å². The second-order valence-electron chi connectivity index (χ2n) is 3.74. The Morgan fingerprint density at radius 1 is 1.39 bits per heavy atom. The molecule has 100 valence electrons. The van der Waals surface area contributed by atoms with Crippen molar-refractivity contribution in [1.29, 1.82) is 0 Å². The molecule has 0 aliphatic carbocycles. The molecule has 0 fully saturated rings. The maximum atomic E-state index is 11.6. The molecule has 0 radical (unpaired) electrons. The summed E-state index contributed by atoms with van der Waals surface area (Å²) < 4.78 is 10.8. The number of rotatable bonds is 7. The molecule has 5 heteroatoms. The largest absolute Gasteiger partial charge is 0.462 e. The first-order valence-electron chi connectivity index (χ1n) is 5.83. The van der Waals surface area contributed by atoms with E-state index in [-0.39, 0.29) is 5.97 Å². The predicted molar refractivity (Wildman–Crippen MR) is 73.7 cm³/mol. The molecule has 0 amide bonds. The molecule has 0 aliphatic rings. The van der Waals surface area contributed by atoms with Crippen LogP contribution in [0.1, 0.15) is 22.8 Å². The van der Waals surface area contributed by atoms with Gasteiger partial charge >= 0.3 is 5.97 Å². The third-order valence-electron chi connectivity index (χ3n) is 2.28. The van der Waals surface area contributed by atoms with E-state index in [1.165, 1.54) is 0 Å². The van der Waals surface area contributed by atoms with Crippen molar-refractivity contribution >= 4 is 21.9 Å². The quantitative estimate of drug-likeness (QED) is 0.620. The Hall–Kier alpha value is -0.910. The molecule has 1 N–H and O–H groups in total. The molecule has 1 rings (SSSR count). The molecule has 0 heterocycles. The normalized spacial score (nSPS) is 10.4. The van der Waals surface area contributed by atoms with Gasteiger partial charge in [0.05, 0.1) is 18.8 Å². The first-order chi connectivity index (χ1) is 8.67. The van der Waals surface area contributed by atoms with Gasteiger partial charge < -0.3 is 14.8 Å². The molecule has 0 saturated heterocycles. The first kappa shape index (κ1) is 15.1. The zero-order valence-corrected chi connectivity index (χ0v) is 12.2. The number of ether oxygens (including phenoxy) is 2. The zero-order valence-electron chi connectivity index (χ0n) is 10.7.